The lowest BCUT2D eigenvalue weighted by atomic mass is 10.0. The van der Waals surface area contributed by atoms with Crippen LogP contribution < -0.4 is 21.1 Å². The molecule has 1 aliphatic heterocycles. The number of aromatic amines is 1. The number of likely N-dealkylation sites (N-methyl/N-ethyl adjacent to an activating group) is 1. The van der Waals surface area contributed by atoms with Crippen molar-refractivity contribution in [2.45, 2.75) is 31.7 Å². The van der Waals surface area contributed by atoms with Gasteiger partial charge in [0.2, 0.25) is 5.91 Å². The quantitative estimate of drug-likeness (QED) is 0.508. The molecule has 8 heteroatoms. The molecule has 1 atom stereocenters. The Morgan fingerprint density at radius 1 is 1.27 bits per heavy atom. The fourth-order valence-corrected chi connectivity index (χ4v) is 4.41. The van der Waals surface area contributed by atoms with E-state index < -0.39 is 0 Å². The Labute approximate surface area is 195 Å². The predicted octanol–water partition coefficient (Wildman–Crippen LogP) is 2.46. The lowest BCUT2D eigenvalue weighted by molar-refractivity contribution is -0.127. The van der Waals surface area contributed by atoms with Crippen LogP contribution in [0.15, 0.2) is 47.5 Å². The van der Waals surface area contributed by atoms with Gasteiger partial charge in [-0.05, 0) is 62.4 Å². The highest BCUT2D eigenvalue weighted by Gasteiger charge is 2.33. The third-order valence-corrected chi connectivity index (χ3v) is 6.43. The second kappa shape index (κ2) is 10.7. The van der Waals surface area contributed by atoms with Gasteiger partial charge < -0.3 is 25.4 Å². The monoisotopic (exact) mass is 450 g/mol. The van der Waals surface area contributed by atoms with Crippen molar-refractivity contribution in [2.75, 3.05) is 50.5 Å². The van der Waals surface area contributed by atoms with Gasteiger partial charge in [0.05, 0.1) is 0 Å². The van der Waals surface area contributed by atoms with E-state index in [4.69, 9.17) is 0 Å². The van der Waals surface area contributed by atoms with Crippen molar-refractivity contribution in [1.82, 2.24) is 20.2 Å². The first-order valence-electron chi connectivity index (χ1n) is 11.8. The molecule has 1 saturated heterocycles. The number of anilines is 2. The van der Waals surface area contributed by atoms with Crippen LogP contribution in [-0.2, 0) is 4.79 Å². The van der Waals surface area contributed by atoms with Gasteiger partial charge in [0, 0.05) is 63.3 Å². The zero-order valence-corrected chi connectivity index (χ0v) is 19.5. The molecule has 8 nitrogen and oxygen atoms in total. The molecule has 0 bridgehead atoms. The van der Waals surface area contributed by atoms with E-state index in [2.05, 4.69) is 25.5 Å². The van der Waals surface area contributed by atoms with Gasteiger partial charge in [0.25, 0.3) is 5.56 Å². The van der Waals surface area contributed by atoms with E-state index in [-0.39, 0.29) is 17.5 Å². The van der Waals surface area contributed by atoms with Crippen molar-refractivity contribution < 1.29 is 4.79 Å². The molecule has 176 valence electrons. The highest BCUT2D eigenvalue weighted by Crippen LogP contribution is 2.34. The minimum absolute atomic E-state index is 0.0420. The number of aromatic nitrogens is 2. The number of nitrogens with zero attached hydrogens (tertiary/aromatic N) is 3. The van der Waals surface area contributed by atoms with Crippen molar-refractivity contribution >= 4 is 17.4 Å². The van der Waals surface area contributed by atoms with Gasteiger partial charge in [-0.1, -0.05) is 6.08 Å². The Hall–Kier alpha value is -3.13. The molecule has 2 fully saturated rings. The molecule has 2 aromatic rings. The highest BCUT2D eigenvalue weighted by molar-refractivity contribution is 5.87. The van der Waals surface area contributed by atoms with Crippen molar-refractivity contribution in [3.63, 3.8) is 0 Å². The van der Waals surface area contributed by atoms with Gasteiger partial charge >= 0.3 is 0 Å². The number of hydrogen-bond acceptors (Lipinski definition) is 6. The van der Waals surface area contributed by atoms with Gasteiger partial charge in [0.1, 0.15) is 11.5 Å². The molecule has 0 radical (unpaired) electrons. The number of carbonyl (C=O) groups is 1. The minimum atomic E-state index is -0.0836. The van der Waals surface area contributed by atoms with Gasteiger partial charge in [0.15, 0.2) is 0 Å². The Morgan fingerprint density at radius 2 is 2.12 bits per heavy atom. The Balaban J connectivity index is 1.60. The van der Waals surface area contributed by atoms with Gasteiger partial charge in [-0.15, -0.1) is 0 Å². The number of amides is 1. The third-order valence-electron chi connectivity index (χ3n) is 6.43. The summed E-state index contributed by atoms with van der Waals surface area (Å²) >= 11 is 0. The number of nitrogens with one attached hydrogen (secondary N) is 3. The van der Waals surface area contributed by atoms with Gasteiger partial charge in [-0.25, -0.2) is 4.98 Å². The fourth-order valence-electron chi connectivity index (χ4n) is 4.41. The first-order chi connectivity index (χ1) is 16.1. The average Bonchev–Trinajstić information content (AvgIpc) is 3.67. The summed E-state index contributed by atoms with van der Waals surface area (Å²) in [4.78, 5) is 37.1. The number of likely N-dealkylation sites (tertiary alicyclic amines) is 1. The number of carbonyl (C=O) groups excluding carboxylic acids is 1. The molecule has 0 unspecified atom stereocenters. The zero-order valence-electron chi connectivity index (χ0n) is 19.5. The van der Waals surface area contributed by atoms with E-state index >= 15 is 0 Å². The molecule has 1 amide bonds. The molecule has 0 aromatic carbocycles. The molecule has 1 aliphatic carbocycles. The summed E-state index contributed by atoms with van der Waals surface area (Å²) < 4.78 is 0. The average molecular weight is 451 g/mol. The van der Waals surface area contributed by atoms with E-state index in [0.29, 0.717) is 24.7 Å². The van der Waals surface area contributed by atoms with Crippen LogP contribution >= 0.6 is 0 Å². The minimum Gasteiger partial charge on any atom is -0.373 e. The smallest absolute Gasteiger partial charge is 0.271 e. The topological polar surface area (TPSA) is 93.4 Å². The maximum Gasteiger partial charge on any atom is 0.271 e. The first-order valence-corrected chi connectivity index (χ1v) is 11.8. The van der Waals surface area contributed by atoms with Crippen LogP contribution in [0.3, 0.4) is 0 Å². The van der Waals surface area contributed by atoms with Crippen molar-refractivity contribution in [2.24, 2.45) is 5.92 Å². The maximum absolute atomic E-state index is 13.0. The molecule has 2 aliphatic rings. The van der Waals surface area contributed by atoms with Crippen molar-refractivity contribution in [1.29, 1.82) is 0 Å². The molecule has 1 saturated carbocycles. The third kappa shape index (κ3) is 5.82. The SMILES string of the molecule is CNC/C=C/C(=O)N1CCC[C@H](N(CC2CC2)c2cc(-c3ccnc(NC)c3)c[nH]c2=O)C1. The molecule has 4 rings (SSSR count). The molecule has 3 N–H and O–H groups in total. The first kappa shape index (κ1) is 23.0. The van der Waals surface area contributed by atoms with E-state index in [1.54, 1.807) is 18.5 Å². The van der Waals surface area contributed by atoms with Gasteiger partial charge in [-0.2, -0.15) is 0 Å². The zero-order chi connectivity index (χ0) is 23.2. The molecular formula is C25H34N6O2. The molecule has 2 aromatic heterocycles. The lowest BCUT2D eigenvalue weighted by Crippen LogP contribution is -2.51. The highest BCUT2D eigenvalue weighted by atomic mass is 16.2. The molecule has 0 spiro atoms. The van der Waals surface area contributed by atoms with Crippen LogP contribution in [0.5, 0.6) is 0 Å². The standard InChI is InChI=1S/C25H34N6O2/c1-26-10-3-6-24(32)30-12-4-5-21(17-30)31(16-18-7-8-18)22-13-20(15-29-25(22)33)19-9-11-28-23(14-19)27-2/h3,6,9,11,13-15,18,21,26H,4-5,7-8,10,12,16-17H2,1-2H3,(H,27,28)(H,29,33)/b6-3+/t21-/m0/s1. The summed E-state index contributed by atoms with van der Waals surface area (Å²) in [6.07, 6.45) is 11.3. The second-order valence-corrected chi connectivity index (χ2v) is 8.92. The van der Waals surface area contributed by atoms with Crippen LogP contribution in [0, 0.1) is 5.92 Å². The Kier molecular flexibility index (Phi) is 7.44. The van der Waals surface area contributed by atoms with Crippen LogP contribution in [0.1, 0.15) is 25.7 Å². The summed E-state index contributed by atoms with van der Waals surface area (Å²) in [6, 6.07) is 6.04. The number of H-pyrrole nitrogens is 1. The fraction of sp³-hybridized carbons (Fsp3) is 0.480. The summed E-state index contributed by atoms with van der Waals surface area (Å²) in [5.41, 5.74) is 2.54. The lowest BCUT2D eigenvalue weighted by Gasteiger charge is -2.40. The summed E-state index contributed by atoms with van der Waals surface area (Å²) in [6.45, 7) is 2.92. The predicted molar refractivity (Wildman–Crippen MR) is 133 cm³/mol. The van der Waals surface area contributed by atoms with Gasteiger partial charge in [-0.3, -0.25) is 9.59 Å². The molecule has 33 heavy (non-hydrogen) atoms. The number of pyridine rings is 2. The second-order valence-electron chi connectivity index (χ2n) is 8.92. The van der Waals surface area contributed by atoms with E-state index in [0.717, 1.165) is 42.9 Å². The molecule has 3 heterocycles. The summed E-state index contributed by atoms with van der Waals surface area (Å²) in [5.74, 6) is 1.44. The van der Waals surface area contributed by atoms with Crippen molar-refractivity contribution in [3.8, 4) is 11.1 Å². The van der Waals surface area contributed by atoms with E-state index in [9.17, 15) is 9.59 Å². The maximum atomic E-state index is 13.0. The summed E-state index contributed by atoms with van der Waals surface area (Å²) in [7, 11) is 3.70. The Bertz CT molecular complexity index is 1050. The normalized spacial score (nSPS) is 18.5. The van der Waals surface area contributed by atoms with E-state index in [1.165, 1.54) is 12.8 Å². The summed E-state index contributed by atoms with van der Waals surface area (Å²) in [5, 5.41) is 6.09. The molecular weight excluding hydrogens is 416 g/mol. The van der Waals surface area contributed by atoms with Crippen LogP contribution in [0.25, 0.3) is 11.1 Å². The number of rotatable bonds is 9. The van der Waals surface area contributed by atoms with Crippen molar-refractivity contribution in [3.05, 3.63) is 53.1 Å². The van der Waals surface area contributed by atoms with E-state index in [1.807, 2.05) is 43.3 Å². The Morgan fingerprint density at radius 3 is 2.88 bits per heavy atom. The number of hydrogen-bond donors (Lipinski definition) is 3. The number of piperidine rings is 1. The van der Waals surface area contributed by atoms with Crippen LogP contribution in [0.2, 0.25) is 0 Å². The largest absolute Gasteiger partial charge is 0.373 e. The van der Waals surface area contributed by atoms with Crippen LogP contribution in [-0.4, -0.2) is 67.1 Å². The van der Waals surface area contributed by atoms with Crippen LogP contribution in [0.4, 0.5) is 11.5 Å².